The van der Waals surface area contributed by atoms with Crippen molar-refractivity contribution in [1.82, 2.24) is 15.0 Å². The zero-order valence-corrected chi connectivity index (χ0v) is 16.0. The van der Waals surface area contributed by atoms with Gasteiger partial charge in [0.15, 0.2) is 11.7 Å². The Balaban J connectivity index is 1.57. The average molecular weight is 431 g/mol. The third kappa shape index (κ3) is 4.51. The minimum atomic E-state index is -4.77. The van der Waals surface area contributed by atoms with Gasteiger partial charge in [-0.2, -0.15) is 18.2 Å². The van der Waals surface area contributed by atoms with Crippen LogP contribution in [0.5, 0.6) is 0 Å². The van der Waals surface area contributed by atoms with Crippen LogP contribution in [0.1, 0.15) is 17.2 Å². The second-order valence-electron chi connectivity index (χ2n) is 6.77. The Morgan fingerprint density at radius 1 is 1.13 bits per heavy atom. The molecule has 0 aliphatic heterocycles. The third-order valence-electron chi connectivity index (χ3n) is 4.42. The molecule has 0 spiro atoms. The van der Waals surface area contributed by atoms with Gasteiger partial charge in [0.1, 0.15) is 5.82 Å². The highest BCUT2D eigenvalue weighted by Gasteiger charge is 2.39. The van der Waals surface area contributed by atoms with E-state index in [2.05, 4.69) is 25.6 Å². The second kappa shape index (κ2) is 7.76. The molecule has 4 aromatic rings. The number of oxazole rings is 1. The van der Waals surface area contributed by atoms with E-state index in [1.807, 2.05) is 0 Å². The molecule has 2 heterocycles. The topological polar surface area (TPSA) is 116 Å². The largest absolute Gasteiger partial charge is 0.418 e. The Labute approximate surface area is 172 Å². The van der Waals surface area contributed by atoms with Crippen LogP contribution in [0.25, 0.3) is 11.1 Å². The minimum absolute atomic E-state index is 0.143. The Kier molecular flexibility index (Phi) is 5.11. The van der Waals surface area contributed by atoms with Crippen LogP contribution in [0.4, 0.5) is 36.3 Å². The standard InChI is InChI=1S/C20H16F3N5O3/c1-10-9-24-18(26-12-4-2-3-11(7-12)16(29)20(21,22)23)28-17(10)25-13-5-6-15-14(8-13)27-19(30)31-15/h2-9,16,29H,1H3,(H,27,30)(H2,24,25,26,28). The van der Waals surface area contributed by atoms with Gasteiger partial charge in [-0.05, 0) is 42.8 Å². The number of aromatic amines is 1. The number of aliphatic hydroxyl groups is 1. The van der Waals surface area contributed by atoms with E-state index in [9.17, 15) is 23.1 Å². The summed E-state index contributed by atoms with van der Waals surface area (Å²) in [5, 5.41) is 15.4. The monoisotopic (exact) mass is 431 g/mol. The van der Waals surface area contributed by atoms with Gasteiger partial charge in [0.05, 0.1) is 5.52 Å². The van der Waals surface area contributed by atoms with Gasteiger partial charge in [-0.1, -0.05) is 12.1 Å². The highest BCUT2D eigenvalue weighted by molar-refractivity contribution is 5.78. The molecule has 0 radical (unpaired) electrons. The molecular formula is C20H16F3N5O3. The molecule has 0 bridgehead atoms. The maximum Gasteiger partial charge on any atom is 0.418 e. The number of aliphatic hydroxyl groups excluding tert-OH is 1. The number of rotatable bonds is 5. The number of nitrogens with one attached hydrogen (secondary N) is 3. The van der Waals surface area contributed by atoms with Gasteiger partial charge in [-0.3, -0.25) is 4.98 Å². The molecule has 1 unspecified atom stereocenters. The summed E-state index contributed by atoms with van der Waals surface area (Å²) in [7, 11) is 0. The van der Waals surface area contributed by atoms with Crippen LogP contribution in [0.15, 0.2) is 57.9 Å². The molecule has 4 rings (SSSR count). The van der Waals surface area contributed by atoms with Crippen molar-refractivity contribution >= 4 is 34.2 Å². The lowest BCUT2D eigenvalue weighted by atomic mass is 10.1. The van der Waals surface area contributed by atoms with E-state index in [1.54, 1.807) is 31.3 Å². The molecule has 4 N–H and O–H groups in total. The molecule has 11 heteroatoms. The number of halogens is 3. The van der Waals surface area contributed by atoms with Crippen molar-refractivity contribution in [1.29, 1.82) is 0 Å². The van der Waals surface area contributed by atoms with Crippen LogP contribution < -0.4 is 16.4 Å². The maximum absolute atomic E-state index is 12.8. The number of nitrogens with zero attached hydrogens (tertiary/aromatic N) is 2. The van der Waals surface area contributed by atoms with Crippen LogP contribution in [0, 0.1) is 6.92 Å². The number of fused-ring (bicyclic) bond motifs is 1. The van der Waals surface area contributed by atoms with Crippen molar-refractivity contribution in [3.05, 3.63) is 70.3 Å². The molecule has 0 saturated heterocycles. The molecule has 31 heavy (non-hydrogen) atoms. The van der Waals surface area contributed by atoms with Crippen molar-refractivity contribution in [2.24, 2.45) is 0 Å². The zero-order chi connectivity index (χ0) is 22.2. The van der Waals surface area contributed by atoms with Crippen LogP contribution in [-0.2, 0) is 0 Å². The van der Waals surface area contributed by atoms with Gasteiger partial charge in [0.25, 0.3) is 0 Å². The van der Waals surface area contributed by atoms with Crippen molar-refractivity contribution in [2.45, 2.75) is 19.2 Å². The molecule has 0 amide bonds. The van der Waals surface area contributed by atoms with E-state index in [1.165, 1.54) is 24.3 Å². The zero-order valence-electron chi connectivity index (χ0n) is 16.0. The second-order valence-corrected chi connectivity index (χ2v) is 6.77. The fraction of sp³-hybridized carbons (Fsp3) is 0.150. The summed E-state index contributed by atoms with van der Waals surface area (Å²) in [6, 6.07) is 10.3. The molecule has 8 nitrogen and oxygen atoms in total. The van der Waals surface area contributed by atoms with Crippen molar-refractivity contribution in [3.63, 3.8) is 0 Å². The van der Waals surface area contributed by atoms with Gasteiger partial charge in [-0.15, -0.1) is 0 Å². The Hall–Kier alpha value is -3.86. The third-order valence-corrected chi connectivity index (χ3v) is 4.42. The summed E-state index contributed by atoms with van der Waals surface area (Å²) in [6.45, 7) is 1.78. The molecule has 160 valence electrons. The molecular weight excluding hydrogens is 415 g/mol. The van der Waals surface area contributed by atoms with Crippen LogP contribution >= 0.6 is 0 Å². The van der Waals surface area contributed by atoms with E-state index < -0.39 is 18.0 Å². The fourth-order valence-electron chi connectivity index (χ4n) is 2.90. The summed E-state index contributed by atoms with van der Waals surface area (Å²) in [5.41, 5.74) is 2.26. The summed E-state index contributed by atoms with van der Waals surface area (Å²) >= 11 is 0. The first kappa shape index (κ1) is 20.4. The molecule has 0 saturated carbocycles. The number of hydrogen-bond donors (Lipinski definition) is 4. The first-order valence-corrected chi connectivity index (χ1v) is 9.04. The number of hydrogen-bond acceptors (Lipinski definition) is 7. The van der Waals surface area contributed by atoms with Gasteiger partial charge in [0, 0.05) is 23.1 Å². The first-order chi connectivity index (χ1) is 14.7. The molecule has 1 atom stereocenters. The van der Waals surface area contributed by atoms with Crippen molar-refractivity contribution < 1.29 is 22.7 Å². The van der Waals surface area contributed by atoms with E-state index in [0.717, 1.165) is 0 Å². The lowest BCUT2D eigenvalue weighted by molar-refractivity contribution is -0.206. The van der Waals surface area contributed by atoms with E-state index in [4.69, 9.17) is 4.42 Å². The van der Waals surface area contributed by atoms with Crippen LogP contribution in [0.2, 0.25) is 0 Å². The van der Waals surface area contributed by atoms with Gasteiger partial charge < -0.3 is 20.2 Å². The molecule has 0 aliphatic carbocycles. The number of aromatic nitrogens is 3. The van der Waals surface area contributed by atoms with Crippen LogP contribution in [0.3, 0.4) is 0 Å². The SMILES string of the molecule is Cc1cnc(Nc2cccc(C(O)C(F)(F)F)c2)nc1Nc1ccc2oc(=O)[nH]c2c1. The Morgan fingerprint density at radius 2 is 1.90 bits per heavy atom. The number of H-pyrrole nitrogens is 1. The Morgan fingerprint density at radius 3 is 2.68 bits per heavy atom. The smallest absolute Gasteiger partial charge is 0.408 e. The van der Waals surface area contributed by atoms with Gasteiger partial charge in [-0.25, -0.2) is 9.78 Å². The van der Waals surface area contributed by atoms with Crippen molar-refractivity contribution in [3.8, 4) is 0 Å². The predicted molar refractivity (Wildman–Crippen MR) is 108 cm³/mol. The van der Waals surface area contributed by atoms with Crippen LogP contribution in [-0.4, -0.2) is 26.2 Å². The lowest BCUT2D eigenvalue weighted by Gasteiger charge is -2.16. The average Bonchev–Trinajstić information content (AvgIpc) is 3.09. The lowest BCUT2D eigenvalue weighted by Crippen LogP contribution is -2.20. The van der Waals surface area contributed by atoms with E-state index in [-0.39, 0.29) is 17.2 Å². The highest BCUT2D eigenvalue weighted by Crippen LogP contribution is 2.33. The summed E-state index contributed by atoms with van der Waals surface area (Å²) in [6.07, 6.45) is -5.81. The Bertz CT molecular complexity index is 1300. The number of anilines is 4. The summed E-state index contributed by atoms with van der Waals surface area (Å²) in [4.78, 5) is 22.4. The number of benzene rings is 2. The predicted octanol–water partition coefficient (Wildman–Crippen LogP) is 4.30. The molecule has 0 fully saturated rings. The number of aryl methyl sites for hydroxylation is 1. The van der Waals surface area contributed by atoms with Crippen molar-refractivity contribution in [2.75, 3.05) is 10.6 Å². The molecule has 0 aliphatic rings. The fourth-order valence-corrected chi connectivity index (χ4v) is 2.90. The normalized spacial score (nSPS) is 12.7. The molecule has 2 aromatic carbocycles. The summed E-state index contributed by atoms with van der Waals surface area (Å²) < 4.78 is 43.3. The minimum Gasteiger partial charge on any atom is -0.408 e. The summed E-state index contributed by atoms with van der Waals surface area (Å²) in [5.74, 6) is 0.0356. The van der Waals surface area contributed by atoms with E-state index >= 15 is 0 Å². The molecule has 2 aromatic heterocycles. The highest BCUT2D eigenvalue weighted by atomic mass is 19.4. The van der Waals surface area contributed by atoms with Gasteiger partial charge in [0.2, 0.25) is 5.95 Å². The quantitative estimate of drug-likeness (QED) is 0.372. The maximum atomic E-state index is 12.8. The van der Waals surface area contributed by atoms with E-state index in [0.29, 0.717) is 28.2 Å². The number of alkyl halides is 3. The van der Waals surface area contributed by atoms with Gasteiger partial charge >= 0.3 is 11.9 Å². The first-order valence-electron chi connectivity index (χ1n) is 9.04.